The highest BCUT2D eigenvalue weighted by Gasteiger charge is 2.33. The molecule has 1 aliphatic rings. The lowest BCUT2D eigenvalue weighted by Gasteiger charge is -2.45. The monoisotopic (exact) mass is 438 g/mol. The van der Waals surface area contributed by atoms with Crippen molar-refractivity contribution in [2.45, 2.75) is 32.6 Å². The largest absolute Gasteiger partial charge is 0.496 e. The molecule has 162 valence electrons. The second kappa shape index (κ2) is 9.82. The molecule has 3 aromatic rings. The Bertz CT molecular complexity index is 1040. The maximum absolute atomic E-state index is 13.6. The van der Waals surface area contributed by atoms with E-state index < -0.39 is 0 Å². The molecular weight excluding hydrogens is 411 g/mol. The molecule has 1 saturated heterocycles. The molecule has 0 N–H and O–H groups in total. The molecule has 0 saturated carbocycles. The van der Waals surface area contributed by atoms with Crippen LogP contribution in [-0.2, 0) is 13.1 Å². The number of para-hydroxylation sites is 1. The van der Waals surface area contributed by atoms with E-state index in [4.69, 9.17) is 16.3 Å². The van der Waals surface area contributed by atoms with E-state index in [1.54, 1.807) is 13.2 Å². The summed E-state index contributed by atoms with van der Waals surface area (Å²) >= 11 is 6.38. The summed E-state index contributed by atoms with van der Waals surface area (Å²) in [6.45, 7) is 5.58. The zero-order chi connectivity index (χ0) is 21.8. The number of methoxy groups -OCH3 is 1. The number of benzene rings is 3. The fourth-order valence-corrected chi connectivity index (χ4v) is 4.66. The van der Waals surface area contributed by atoms with E-state index in [1.807, 2.05) is 12.1 Å². The third kappa shape index (κ3) is 4.93. The molecule has 0 aromatic heterocycles. The van der Waals surface area contributed by atoms with Crippen LogP contribution < -0.4 is 4.74 Å². The van der Waals surface area contributed by atoms with Gasteiger partial charge in [-0.25, -0.2) is 4.39 Å². The molecule has 1 unspecified atom stereocenters. The van der Waals surface area contributed by atoms with Crippen LogP contribution in [0.4, 0.5) is 4.39 Å². The average molecular weight is 439 g/mol. The first-order valence-electron chi connectivity index (χ1n) is 10.7. The predicted molar refractivity (Wildman–Crippen MR) is 124 cm³/mol. The van der Waals surface area contributed by atoms with Gasteiger partial charge in [-0.1, -0.05) is 60.1 Å². The van der Waals surface area contributed by atoms with Gasteiger partial charge in [0.2, 0.25) is 0 Å². The van der Waals surface area contributed by atoms with Gasteiger partial charge < -0.3 is 4.74 Å². The van der Waals surface area contributed by atoms with Crippen molar-refractivity contribution in [3.8, 4) is 5.75 Å². The second-order valence-corrected chi connectivity index (χ2v) is 8.48. The van der Waals surface area contributed by atoms with Crippen LogP contribution in [0.1, 0.15) is 34.8 Å². The van der Waals surface area contributed by atoms with E-state index in [0.29, 0.717) is 11.6 Å². The highest BCUT2D eigenvalue weighted by molar-refractivity contribution is 6.31. The fraction of sp³-hybridized carbons (Fsp3) is 0.308. The number of nitrogens with zero attached hydrogens (tertiary/aromatic N) is 2. The minimum Gasteiger partial charge on any atom is -0.496 e. The topological polar surface area (TPSA) is 15.7 Å². The maximum atomic E-state index is 13.6. The molecule has 3 aromatic carbocycles. The number of ether oxygens (including phenoxy) is 1. The van der Waals surface area contributed by atoms with Crippen molar-refractivity contribution in [3.05, 3.63) is 99.8 Å². The van der Waals surface area contributed by atoms with E-state index in [9.17, 15) is 4.39 Å². The molecule has 3 nitrogen and oxygen atoms in total. The average Bonchev–Trinajstić information content (AvgIpc) is 2.77. The van der Waals surface area contributed by atoms with Crippen molar-refractivity contribution in [2.75, 3.05) is 20.2 Å². The Labute approximate surface area is 189 Å². The van der Waals surface area contributed by atoms with Gasteiger partial charge in [-0.15, -0.1) is 0 Å². The van der Waals surface area contributed by atoms with Gasteiger partial charge in [-0.05, 0) is 48.2 Å². The Morgan fingerprint density at radius 3 is 2.32 bits per heavy atom. The van der Waals surface area contributed by atoms with Gasteiger partial charge in [-0.3, -0.25) is 9.80 Å². The summed E-state index contributed by atoms with van der Waals surface area (Å²) < 4.78 is 19.3. The van der Waals surface area contributed by atoms with Crippen molar-refractivity contribution >= 4 is 11.6 Å². The Kier molecular flexibility index (Phi) is 6.91. The molecule has 0 bridgehead atoms. The minimum absolute atomic E-state index is 0.0330. The number of aryl methyl sites for hydroxylation is 1. The molecule has 1 heterocycles. The minimum atomic E-state index is -0.310. The summed E-state index contributed by atoms with van der Waals surface area (Å²) in [4.78, 5) is 4.92. The summed E-state index contributed by atoms with van der Waals surface area (Å²) in [5.74, 6) is 0.564. The van der Waals surface area contributed by atoms with Gasteiger partial charge in [0.25, 0.3) is 0 Å². The van der Waals surface area contributed by atoms with Gasteiger partial charge >= 0.3 is 0 Å². The number of hydrogen-bond acceptors (Lipinski definition) is 3. The summed E-state index contributed by atoms with van der Waals surface area (Å²) in [6.07, 6.45) is 1.08. The molecule has 1 atom stereocenters. The van der Waals surface area contributed by atoms with E-state index >= 15 is 0 Å². The van der Waals surface area contributed by atoms with E-state index in [0.717, 1.165) is 42.9 Å². The van der Waals surface area contributed by atoms with Crippen molar-refractivity contribution in [1.82, 2.24) is 9.80 Å². The lowest BCUT2D eigenvalue weighted by atomic mass is 10.0. The zero-order valence-corrected chi connectivity index (χ0v) is 18.8. The van der Waals surface area contributed by atoms with Crippen LogP contribution in [0.3, 0.4) is 0 Å². The maximum Gasteiger partial charge on any atom is 0.124 e. The summed E-state index contributed by atoms with van der Waals surface area (Å²) in [5.41, 5.74) is 4.68. The van der Waals surface area contributed by atoms with Gasteiger partial charge in [0, 0.05) is 36.8 Å². The molecule has 5 heteroatoms. The van der Waals surface area contributed by atoms with E-state index in [2.05, 4.69) is 53.1 Å². The highest BCUT2D eigenvalue weighted by Crippen LogP contribution is 2.37. The third-order valence-electron chi connectivity index (χ3n) is 6.02. The number of hydrogen-bond donors (Lipinski definition) is 0. The lowest BCUT2D eigenvalue weighted by molar-refractivity contribution is -0.0104. The molecule has 1 aliphatic heterocycles. The molecule has 1 fully saturated rings. The third-order valence-corrected chi connectivity index (χ3v) is 6.37. The Morgan fingerprint density at radius 2 is 1.61 bits per heavy atom. The summed E-state index contributed by atoms with van der Waals surface area (Å²) in [5, 5.41) is 0.467. The van der Waals surface area contributed by atoms with Crippen LogP contribution in [0, 0.1) is 12.7 Å². The van der Waals surface area contributed by atoms with E-state index in [-0.39, 0.29) is 12.0 Å². The van der Waals surface area contributed by atoms with Gasteiger partial charge in [0.05, 0.1) is 13.3 Å². The van der Waals surface area contributed by atoms with Crippen LogP contribution in [0.2, 0.25) is 5.02 Å². The predicted octanol–water partition coefficient (Wildman–Crippen LogP) is 6.20. The first-order valence-corrected chi connectivity index (χ1v) is 11.0. The lowest BCUT2D eigenvalue weighted by Crippen LogP contribution is -2.47. The normalized spacial score (nSPS) is 17.6. The quantitative estimate of drug-likeness (QED) is 0.455. The van der Waals surface area contributed by atoms with Gasteiger partial charge in [-0.2, -0.15) is 0 Å². The van der Waals surface area contributed by atoms with Crippen molar-refractivity contribution < 1.29 is 9.13 Å². The van der Waals surface area contributed by atoms with E-state index in [1.165, 1.54) is 23.3 Å². The number of halogens is 2. The highest BCUT2D eigenvalue weighted by atomic mass is 35.5. The fourth-order valence-electron chi connectivity index (χ4n) is 4.43. The van der Waals surface area contributed by atoms with Crippen LogP contribution in [-0.4, -0.2) is 30.0 Å². The van der Waals surface area contributed by atoms with Crippen LogP contribution in [0.25, 0.3) is 0 Å². The molecule has 0 amide bonds. The van der Waals surface area contributed by atoms with Gasteiger partial charge in [0.15, 0.2) is 0 Å². The van der Waals surface area contributed by atoms with Crippen LogP contribution in [0.15, 0.2) is 66.7 Å². The smallest absolute Gasteiger partial charge is 0.124 e. The van der Waals surface area contributed by atoms with Crippen molar-refractivity contribution in [1.29, 1.82) is 0 Å². The SMILES string of the molecule is COc1ccccc1C1N(Cc2ccccc2C)CCCN1Cc1ccc(F)cc1Cl. The molecule has 0 spiro atoms. The summed E-state index contributed by atoms with van der Waals surface area (Å²) in [6, 6.07) is 21.4. The number of rotatable bonds is 6. The second-order valence-electron chi connectivity index (χ2n) is 8.07. The molecule has 0 aliphatic carbocycles. The van der Waals surface area contributed by atoms with Crippen LogP contribution in [0.5, 0.6) is 5.75 Å². The molecule has 4 rings (SSSR count). The van der Waals surface area contributed by atoms with Crippen molar-refractivity contribution in [2.24, 2.45) is 0 Å². The Morgan fingerprint density at radius 1 is 0.935 bits per heavy atom. The Balaban J connectivity index is 1.71. The first-order chi connectivity index (χ1) is 15.1. The van der Waals surface area contributed by atoms with Crippen LogP contribution >= 0.6 is 11.6 Å². The first kappa shape index (κ1) is 21.8. The standard InChI is InChI=1S/C26H28ClFN2O/c1-19-8-3-4-9-20(19)17-29-14-7-15-30(18-21-12-13-22(28)16-24(21)27)26(29)23-10-5-6-11-25(23)31-2/h3-6,8-13,16,26H,7,14-15,17-18H2,1-2H3. The van der Waals surface area contributed by atoms with Gasteiger partial charge in [0.1, 0.15) is 11.6 Å². The van der Waals surface area contributed by atoms with Crippen molar-refractivity contribution in [3.63, 3.8) is 0 Å². The summed E-state index contributed by atoms with van der Waals surface area (Å²) in [7, 11) is 1.72. The molecule has 0 radical (unpaired) electrons. The molecular formula is C26H28ClFN2O. The Hall–Kier alpha value is -2.40. The molecule has 31 heavy (non-hydrogen) atoms. The zero-order valence-electron chi connectivity index (χ0n) is 18.0.